The van der Waals surface area contributed by atoms with Crippen molar-refractivity contribution in [3.05, 3.63) is 76.4 Å². The van der Waals surface area contributed by atoms with Gasteiger partial charge in [0, 0.05) is 42.9 Å². The number of nitrogens with zero attached hydrogens (tertiary/aromatic N) is 1. The van der Waals surface area contributed by atoms with Crippen LogP contribution in [-0.4, -0.2) is 47.8 Å². The molecule has 7 rings (SSSR count). The molecule has 6 N–H and O–H groups in total. The van der Waals surface area contributed by atoms with Crippen molar-refractivity contribution in [2.45, 2.75) is 134 Å². The monoisotopic (exact) mass is 761 g/mol. The molecule has 0 aliphatic heterocycles. The highest BCUT2D eigenvalue weighted by molar-refractivity contribution is 5.89. The van der Waals surface area contributed by atoms with Gasteiger partial charge in [-0.15, -0.1) is 0 Å². The molecule has 56 heavy (non-hydrogen) atoms. The number of fused-ring (bicyclic) bond motifs is 6. The van der Waals surface area contributed by atoms with Crippen LogP contribution in [-0.2, 0) is 16.0 Å². The molecule has 2 aromatic carbocycles. The van der Waals surface area contributed by atoms with E-state index in [-0.39, 0.29) is 65.0 Å². The van der Waals surface area contributed by atoms with Crippen LogP contribution in [0.1, 0.15) is 137 Å². The Bertz CT molecular complexity index is 1860. The SMILES string of the molecule is COC[C@@H]1[C@H]2c3c(O)c(OC4CCCC4)cc(CCC(=O)C=CCCC4CCCC4)c3C#CC[C@H](N=C(N)N)C[C@@H]1C=C1[C@H]2C[C@H](C)C[C@@H]1c1cccc(O)c1. The largest absolute Gasteiger partial charge is 0.508 e. The van der Waals surface area contributed by atoms with Gasteiger partial charge in [-0.05, 0) is 129 Å². The zero-order chi connectivity index (χ0) is 39.2. The maximum Gasteiger partial charge on any atom is 0.186 e. The van der Waals surface area contributed by atoms with Crippen molar-refractivity contribution in [1.82, 2.24) is 0 Å². The van der Waals surface area contributed by atoms with Crippen molar-refractivity contribution in [2.75, 3.05) is 13.7 Å². The van der Waals surface area contributed by atoms with E-state index in [9.17, 15) is 15.0 Å². The second kappa shape index (κ2) is 18.4. The number of carbonyl (C=O) groups is 1. The number of hydrogen-bond donors (Lipinski definition) is 4. The van der Waals surface area contributed by atoms with Gasteiger partial charge in [-0.2, -0.15) is 0 Å². The molecular weight excluding hydrogens is 699 g/mol. The summed E-state index contributed by atoms with van der Waals surface area (Å²) in [6, 6.07) is 9.43. The first-order valence-electron chi connectivity index (χ1n) is 21.5. The lowest BCUT2D eigenvalue weighted by Gasteiger charge is -2.49. The van der Waals surface area contributed by atoms with Crippen molar-refractivity contribution in [3.8, 4) is 29.1 Å². The third kappa shape index (κ3) is 9.31. The first-order valence-corrected chi connectivity index (χ1v) is 21.5. The van der Waals surface area contributed by atoms with E-state index in [1.54, 1.807) is 19.3 Å². The summed E-state index contributed by atoms with van der Waals surface area (Å²) in [5, 5.41) is 23.3. The molecule has 300 valence electrons. The Kier molecular flexibility index (Phi) is 13.1. The van der Waals surface area contributed by atoms with Crippen LogP contribution in [0.15, 0.2) is 59.1 Å². The van der Waals surface area contributed by atoms with Crippen LogP contribution in [0.25, 0.3) is 0 Å². The summed E-state index contributed by atoms with van der Waals surface area (Å²) < 4.78 is 12.8. The summed E-state index contributed by atoms with van der Waals surface area (Å²) in [4.78, 5) is 18.1. The van der Waals surface area contributed by atoms with E-state index in [0.29, 0.717) is 44.0 Å². The van der Waals surface area contributed by atoms with Gasteiger partial charge in [0.05, 0.1) is 18.8 Å². The number of aryl methyl sites for hydroxylation is 1. The molecule has 2 bridgehead atoms. The lowest BCUT2D eigenvalue weighted by Crippen LogP contribution is -2.41. The number of rotatable bonds is 13. The van der Waals surface area contributed by atoms with Crippen LogP contribution in [0.5, 0.6) is 17.2 Å². The maximum absolute atomic E-state index is 13.4. The Morgan fingerprint density at radius 2 is 1.82 bits per heavy atom. The molecule has 5 aliphatic carbocycles. The number of aliphatic imine (C=N–C) groups is 1. The molecule has 0 amide bonds. The van der Waals surface area contributed by atoms with Gasteiger partial charge in [-0.25, -0.2) is 4.99 Å². The molecule has 5 aliphatic rings. The number of ketones is 1. The van der Waals surface area contributed by atoms with Crippen LogP contribution in [0.2, 0.25) is 0 Å². The Labute approximate surface area is 334 Å². The van der Waals surface area contributed by atoms with Gasteiger partial charge in [0.2, 0.25) is 0 Å². The summed E-state index contributed by atoms with van der Waals surface area (Å²) >= 11 is 0. The van der Waals surface area contributed by atoms with E-state index >= 15 is 0 Å². The highest BCUT2D eigenvalue weighted by atomic mass is 16.5. The molecule has 8 heteroatoms. The molecule has 0 saturated heterocycles. The third-order valence-electron chi connectivity index (χ3n) is 13.5. The van der Waals surface area contributed by atoms with E-state index in [1.807, 2.05) is 18.2 Å². The van der Waals surface area contributed by atoms with E-state index in [1.165, 1.54) is 31.3 Å². The van der Waals surface area contributed by atoms with E-state index in [4.69, 9.17) is 20.9 Å². The van der Waals surface area contributed by atoms with Gasteiger partial charge in [-0.3, -0.25) is 4.79 Å². The lowest BCUT2D eigenvalue weighted by atomic mass is 9.55. The number of allylic oxidation sites excluding steroid dienone is 4. The van der Waals surface area contributed by atoms with Crippen molar-refractivity contribution < 1.29 is 24.5 Å². The highest BCUT2D eigenvalue weighted by Gasteiger charge is 2.48. The number of methoxy groups -OCH3 is 1. The smallest absolute Gasteiger partial charge is 0.186 e. The Balaban J connectivity index is 1.35. The second-order valence-electron chi connectivity index (χ2n) is 17.5. The van der Waals surface area contributed by atoms with Crippen molar-refractivity contribution >= 4 is 11.7 Å². The zero-order valence-electron chi connectivity index (χ0n) is 33.6. The first-order chi connectivity index (χ1) is 27.2. The first kappa shape index (κ1) is 40.0. The average molecular weight is 762 g/mol. The number of phenolic OH excluding ortho intramolecular Hbond substituents is 2. The van der Waals surface area contributed by atoms with E-state index in [2.05, 4.69) is 42.0 Å². The minimum Gasteiger partial charge on any atom is -0.508 e. The van der Waals surface area contributed by atoms with Crippen LogP contribution < -0.4 is 16.2 Å². The third-order valence-corrected chi connectivity index (χ3v) is 13.5. The molecule has 3 fully saturated rings. The molecule has 0 heterocycles. The number of aromatic hydroxyl groups is 2. The number of ether oxygens (including phenoxy) is 2. The minimum atomic E-state index is -0.229. The number of carbonyl (C=O) groups excluding carboxylic acids is 1. The fourth-order valence-electron chi connectivity index (χ4n) is 11.0. The van der Waals surface area contributed by atoms with E-state index < -0.39 is 0 Å². The van der Waals surface area contributed by atoms with Gasteiger partial charge in [0.1, 0.15) is 5.75 Å². The Morgan fingerprint density at radius 1 is 1.04 bits per heavy atom. The second-order valence-corrected chi connectivity index (χ2v) is 17.5. The lowest BCUT2D eigenvalue weighted by molar-refractivity contribution is -0.114. The normalized spacial score (nSPS) is 27.8. The fraction of sp³-hybridized carbons (Fsp3) is 0.583. The van der Waals surface area contributed by atoms with E-state index in [0.717, 1.165) is 79.5 Å². The minimum absolute atomic E-state index is 0.0101. The fourth-order valence-corrected chi connectivity index (χ4v) is 11.0. The van der Waals surface area contributed by atoms with Crippen molar-refractivity contribution in [3.63, 3.8) is 0 Å². The van der Waals surface area contributed by atoms with Gasteiger partial charge in [0.15, 0.2) is 23.2 Å². The summed E-state index contributed by atoms with van der Waals surface area (Å²) in [6.07, 6.45) is 21.7. The molecule has 0 aromatic heterocycles. The van der Waals surface area contributed by atoms with Crippen LogP contribution in [0, 0.1) is 41.4 Å². The quantitative estimate of drug-likeness (QED) is 0.0525. The van der Waals surface area contributed by atoms with Gasteiger partial charge < -0.3 is 31.2 Å². The summed E-state index contributed by atoms with van der Waals surface area (Å²) in [7, 11) is 1.75. The summed E-state index contributed by atoms with van der Waals surface area (Å²) in [5.74, 6) is 9.30. The molecular formula is C48H63N3O5. The van der Waals surface area contributed by atoms with Crippen LogP contribution in [0.3, 0.4) is 0 Å². The number of hydrogen-bond acceptors (Lipinski definition) is 6. The molecule has 2 aromatic rings. The maximum atomic E-state index is 13.4. The van der Waals surface area contributed by atoms with Crippen molar-refractivity contribution in [1.29, 1.82) is 0 Å². The standard InChI is InChI=1S/C48H63N3O5/c1-30-23-40(32-14-9-17-37(53)26-32)41-27-34-25-35(51-48(49)50)15-10-20-39-33(21-22-36(52)16-6-5-13-31-11-3-4-12-31)28-44(56-38-18-7-8-19-38)47(54)46(39)45(42(41)24-30)43(34)29-55-2/h6,9,14,16-17,26-28,30-31,34-35,38,40,42-43,45,53-54H,3-5,7-8,11-13,15,18-19,21-25,29H2,1-2H3,(H4,49,50,51)/t30-,34-,35+,40-,42-,43+,45+/m1/s1. The number of phenols is 2. The van der Waals surface area contributed by atoms with Gasteiger partial charge in [-0.1, -0.05) is 74.3 Å². The summed E-state index contributed by atoms with van der Waals surface area (Å²) in [5.41, 5.74) is 17.0. The molecule has 0 radical (unpaired) electrons. The number of nitrogens with two attached hydrogens (primary N) is 2. The average Bonchev–Trinajstić information content (AvgIpc) is 3.89. The van der Waals surface area contributed by atoms with Gasteiger partial charge in [0.25, 0.3) is 0 Å². The van der Waals surface area contributed by atoms with Crippen molar-refractivity contribution in [2.24, 2.45) is 46.0 Å². The molecule has 7 atom stereocenters. The molecule has 3 saturated carbocycles. The highest BCUT2D eigenvalue weighted by Crippen LogP contribution is 2.59. The molecule has 0 spiro atoms. The van der Waals surface area contributed by atoms with Gasteiger partial charge >= 0.3 is 0 Å². The number of benzene rings is 2. The number of guanidine groups is 1. The zero-order valence-corrected chi connectivity index (χ0v) is 33.6. The van der Waals surface area contributed by atoms with Crippen LogP contribution >= 0.6 is 0 Å². The predicted octanol–water partition coefficient (Wildman–Crippen LogP) is 8.97. The Hall–Kier alpha value is -4.22. The molecule has 0 unspecified atom stereocenters. The predicted molar refractivity (Wildman–Crippen MR) is 223 cm³/mol. The summed E-state index contributed by atoms with van der Waals surface area (Å²) in [6.45, 7) is 2.80. The molecule has 8 nitrogen and oxygen atoms in total. The Morgan fingerprint density at radius 3 is 2.57 bits per heavy atom. The van der Waals surface area contributed by atoms with Crippen LogP contribution in [0.4, 0.5) is 0 Å². The topological polar surface area (TPSA) is 140 Å².